The third kappa shape index (κ3) is 9.99. The number of likely N-dealkylation sites (N-methyl/N-ethyl adjacent to an activating group) is 2. The first-order valence-corrected chi connectivity index (χ1v) is 7.23. The average molecular weight is 402 g/mol. The maximum atomic E-state index is 3.41. The number of halogens is 4. The minimum absolute atomic E-state index is 0. The van der Waals surface area contributed by atoms with E-state index in [1.807, 2.05) is 0 Å². The van der Waals surface area contributed by atoms with Gasteiger partial charge in [0.2, 0.25) is 0 Å². The van der Waals surface area contributed by atoms with Crippen LogP contribution in [0.3, 0.4) is 0 Å². The van der Waals surface area contributed by atoms with Crippen molar-refractivity contribution in [3.05, 3.63) is 0 Å². The fourth-order valence-electron chi connectivity index (χ4n) is 3.10. The van der Waals surface area contributed by atoms with Gasteiger partial charge in [-0.1, -0.05) is 0 Å². The lowest BCUT2D eigenvalue weighted by molar-refractivity contribution is 0.277. The summed E-state index contributed by atoms with van der Waals surface area (Å²) in [4.78, 5) is 4.59. The second-order valence-corrected chi connectivity index (χ2v) is 6.12. The molecule has 0 aromatic rings. The van der Waals surface area contributed by atoms with E-state index in [-0.39, 0.29) is 49.6 Å². The van der Waals surface area contributed by atoms with E-state index < -0.39 is 0 Å². The molecule has 2 fully saturated rings. The molecule has 2 aliphatic heterocycles. The van der Waals surface area contributed by atoms with Crippen LogP contribution in [0.2, 0.25) is 0 Å². The van der Waals surface area contributed by atoms with Crippen LogP contribution in [0.4, 0.5) is 0 Å². The molecule has 140 valence electrons. The normalized spacial score (nSPS) is 29.5. The first-order valence-electron chi connectivity index (χ1n) is 7.23. The van der Waals surface area contributed by atoms with Crippen LogP contribution in [-0.2, 0) is 0 Å². The smallest absolute Gasteiger partial charge is 0.0252 e. The number of hydrogen-bond donors (Lipinski definition) is 2. The summed E-state index contributed by atoms with van der Waals surface area (Å²) in [6, 6.07) is 2.87. The first kappa shape index (κ1) is 30.8. The summed E-state index contributed by atoms with van der Waals surface area (Å²) in [5, 5.41) is 6.82. The Morgan fingerprint density at radius 2 is 0.909 bits per heavy atom. The lowest BCUT2D eigenvalue weighted by Gasteiger charge is -2.22. The zero-order valence-electron chi connectivity index (χ0n) is 14.7. The summed E-state index contributed by atoms with van der Waals surface area (Å²) >= 11 is 0. The van der Waals surface area contributed by atoms with E-state index in [0.717, 1.165) is 12.1 Å². The van der Waals surface area contributed by atoms with Crippen LogP contribution in [0.25, 0.3) is 0 Å². The van der Waals surface area contributed by atoms with Crippen LogP contribution in [-0.4, -0.2) is 75.2 Å². The van der Waals surface area contributed by atoms with Gasteiger partial charge in [0.1, 0.15) is 0 Å². The van der Waals surface area contributed by atoms with Crippen LogP contribution in [0, 0.1) is 0 Å². The zero-order chi connectivity index (χ0) is 13.7. The molecule has 2 rings (SSSR count). The van der Waals surface area contributed by atoms with Crippen LogP contribution in [0.15, 0.2) is 0 Å². The number of nitrogens with one attached hydrogen (secondary N) is 2. The first-order chi connectivity index (χ1) is 8.43. The summed E-state index contributed by atoms with van der Waals surface area (Å²) in [5.74, 6) is 0. The minimum atomic E-state index is 0. The third-order valence-electron chi connectivity index (χ3n) is 4.29. The molecule has 0 radical (unpaired) electrons. The largest absolute Gasteiger partial charge is 0.313 e. The highest BCUT2D eigenvalue weighted by Crippen LogP contribution is 2.11. The van der Waals surface area contributed by atoms with E-state index in [1.54, 1.807) is 0 Å². The van der Waals surface area contributed by atoms with Crippen LogP contribution < -0.4 is 10.6 Å². The molecule has 0 saturated carbocycles. The summed E-state index contributed by atoms with van der Waals surface area (Å²) in [7, 11) is 8.59. The molecule has 2 heterocycles. The predicted molar refractivity (Wildman–Crippen MR) is 108 cm³/mol. The average Bonchev–Trinajstić information content (AvgIpc) is 2.87. The summed E-state index contributed by atoms with van der Waals surface area (Å²) in [6.07, 6.45) is 2.60. The van der Waals surface area contributed by atoms with E-state index in [9.17, 15) is 0 Å². The Morgan fingerprint density at radius 1 is 0.636 bits per heavy atom. The Balaban J connectivity index is -0.000000125. The molecule has 0 aliphatic carbocycles. The van der Waals surface area contributed by atoms with Crippen molar-refractivity contribution in [1.82, 2.24) is 20.4 Å². The molecule has 2 N–H and O–H groups in total. The lowest BCUT2D eigenvalue weighted by Crippen LogP contribution is -2.37. The maximum absolute atomic E-state index is 3.41. The van der Waals surface area contributed by atoms with Gasteiger partial charge in [-0.25, -0.2) is 0 Å². The minimum Gasteiger partial charge on any atom is -0.313 e. The highest BCUT2D eigenvalue weighted by Gasteiger charge is 2.24. The van der Waals surface area contributed by atoms with Gasteiger partial charge in [-0.15, -0.1) is 49.6 Å². The summed E-state index contributed by atoms with van der Waals surface area (Å²) in [5.41, 5.74) is 0. The standard InChI is InChI=1S/2C7H16N2.4ClH/c2*1-6-7(9(2)3)4-5-8-6;;;;/h2*6-8H,4-5H2,1-3H3;4*1H/t2*6-,7+;;;;/m10..../s1. The topological polar surface area (TPSA) is 30.5 Å². The number of nitrogens with zero attached hydrogens (tertiary/aromatic N) is 2. The van der Waals surface area contributed by atoms with Gasteiger partial charge in [0.15, 0.2) is 0 Å². The fraction of sp³-hybridized carbons (Fsp3) is 1.00. The second kappa shape index (κ2) is 15.5. The van der Waals surface area contributed by atoms with Crippen molar-refractivity contribution < 1.29 is 0 Å². The molecule has 0 spiro atoms. The van der Waals surface area contributed by atoms with E-state index in [2.05, 4.69) is 62.5 Å². The SMILES string of the molecule is C[C@@H]1NCC[C@H]1N(C)C.C[C@H]1NCC[C@@H]1N(C)C.Cl.Cl.Cl.Cl. The second-order valence-electron chi connectivity index (χ2n) is 6.12. The highest BCUT2D eigenvalue weighted by atomic mass is 35.5. The van der Waals surface area contributed by atoms with Crippen molar-refractivity contribution in [1.29, 1.82) is 0 Å². The molecule has 4 nitrogen and oxygen atoms in total. The van der Waals surface area contributed by atoms with Crippen molar-refractivity contribution in [2.75, 3.05) is 41.3 Å². The molecule has 2 saturated heterocycles. The molecule has 0 unspecified atom stereocenters. The van der Waals surface area contributed by atoms with Gasteiger partial charge >= 0.3 is 0 Å². The summed E-state index contributed by atoms with van der Waals surface area (Å²) in [6.45, 7) is 6.86. The van der Waals surface area contributed by atoms with Gasteiger partial charge < -0.3 is 20.4 Å². The lowest BCUT2D eigenvalue weighted by atomic mass is 10.1. The van der Waals surface area contributed by atoms with Crippen molar-refractivity contribution in [3.8, 4) is 0 Å². The molecule has 8 heteroatoms. The van der Waals surface area contributed by atoms with Gasteiger partial charge in [0.25, 0.3) is 0 Å². The maximum Gasteiger partial charge on any atom is 0.0252 e. The molecule has 4 atom stereocenters. The Kier molecular flexibility index (Phi) is 21.8. The van der Waals surface area contributed by atoms with Crippen molar-refractivity contribution >= 4 is 49.6 Å². The van der Waals surface area contributed by atoms with Crippen molar-refractivity contribution in [3.63, 3.8) is 0 Å². The Morgan fingerprint density at radius 3 is 1.00 bits per heavy atom. The molecule has 0 bridgehead atoms. The number of rotatable bonds is 2. The van der Waals surface area contributed by atoms with Crippen molar-refractivity contribution in [2.45, 2.75) is 50.9 Å². The van der Waals surface area contributed by atoms with E-state index in [4.69, 9.17) is 0 Å². The molecule has 0 aromatic heterocycles. The van der Waals surface area contributed by atoms with Gasteiger partial charge in [-0.2, -0.15) is 0 Å². The third-order valence-corrected chi connectivity index (χ3v) is 4.29. The van der Waals surface area contributed by atoms with Gasteiger partial charge in [0.05, 0.1) is 0 Å². The molecular weight excluding hydrogens is 366 g/mol. The predicted octanol–water partition coefficient (Wildman–Crippen LogP) is 2.28. The molecule has 2 aliphatic rings. The Hall–Kier alpha value is 1.00. The monoisotopic (exact) mass is 400 g/mol. The van der Waals surface area contributed by atoms with Gasteiger partial charge in [0, 0.05) is 24.2 Å². The van der Waals surface area contributed by atoms with E-state index in [0.29, 0.717) is 12.1 Å². The van der Waals surface area contributed by atoms with E-state index in [1.165, 1.54) is 25.9 Å². The highest BCUT2D eigenvalue weighted by molar-refractivity contribution is 5.86. The van der Waals surface area contributed by atoms with Crippen LogP contribution in [0.5, 0.6) is 0 Å². The Bertz CT molecular complexity index is 221. The molecular formula is C14H36Cl4N4. The van der Waals surface area contributed by atoms with Gasteiger partial charge in [-0.05, 0) is 68.0 Å². The molecule has 22 heavy (non-hydrogen) atoms. The number of hydrogen-bond acceptors (Lipinski definition) is 4. The van der Waals surface area contributed by atoms with E-state index >= 15 is 0 Å². The molecule has 0 aromatic carbocycles. The Labute approximate surface area is 162 Å². The quantitative estimate of drug-likeness (QED) is 0.742. The summed E-state index contributed by atoms with van der Waals surface area (Å²) < 4.78 is 0. The van der Waals surface area contributed by atoms with Crippen LogP contribution in [0.1, 0.15) is 26.7 Å². The molecule has 0 amide bonds. The van der Waals surface area contributed by atoms with Crippen molar-refractivity contribution in [2.24, 2.45) is 0 Å². The van der Waals surface area contributed by atoms with Crippen LogP contribution >= 0.6 is 49.6 Å². The van der Waals surface area contributed by atoms with Gasteiger partial charge in [-0.3, -0.25) is 0 Å². The zero-order valence-corrected chi connectivity index (χ0v) is 17.9. The fourth-order valence-corrected chi connectivity index (χ4v) is 3.10.